The summed E-state index contributed by atoms with van der Waals surface area (Å²) in [5.41, 5.74) is 7.11. The van der Waals surface area contributed by atoms with Crippen LogP contribution in [0.15, 0.2) is 60.7 Å². The molecule has 0 unspecified atom stereocenters. The van der Waals surface area contributed by atoms with E-state index < -0.39 is 19.3 Å². The Morgan fingerprint density at radius 1 is 0.622 bits per heavy atom. The maximum atomic E-state index is 10.2. The summed E-state index contributed by atoms with van der Waals surface area (Å²) in [5, 5.41) is 38.2. The summed E-state index contributed by atoms with van der Waals surface area (Å²) < 4.78 is 0. The van der Waals surface area contributed by atoms with Crippen LogP contribution in [0.5, 0.6) is 0 Å². The molecule has 0 saturated heterocycles. The highest BCUT2D eigenvalue weighted by Crippen LogP contribution is 2.10. The van der Waals surface area contributed by atoms with Crippen LogP contribution in [0.4, 0.5) is 0 Å². The topological polar surface area (TPSA) is 161 Å². The fourth-order valence-electron chi connectivity index (χ4n) is 3.17. The van der Waals surface area contributed by atoms with Gasteiger partial charge in [0.15, 0.2) is 0 Å². The van der Waals surface area contributed by atoms with Gasteiger partial charge in [0, 0.05) is 0 Å². The average Bonchev–Trinajstić information content (AvgIpc) is 2.84. The third-order valence-corrected chi connectivity index (χ3v) is 4.95. The standard InChI is InChI=1S/C12H27N.2C8H8O2.BH3O3/c1-2-3-4-5-6-7-8-9-10-11-12-13;2*9-8(10)6-7-4-2-1-3-5-7;2-1(3)4/h2-13H2,1H3;2*1-5H,6H2,(H,9,10);2-4H. The minimum Gasteiger partial charge on any atom is -0.481 e. The van der Waals surface area contributed by atoms with Crippen molar-refractivity contribution in [3.05, 3.63) is 71.8 Å². The molecule has 7 N–H and O–H groups in total. The number of hydrogen-bond acceptors (Lipinski definition) is 6. The van der Waals surface area contributed by atoms with Gasteiger partial charge in [0.2, 0.25) is 0 Å². The van der Waals surface area contributed by atoms with E-state index in [-0.39, 0.29) is 12.8 Å². The predicted octanol–water partition coefficient (Wildman–Crippen LogP) is 4.44. The molecule has 208 valence electrons. The predicted molar refractivity (Wildman–Crippen MR) is 149 cm³/mol. The molecule has 0 radical (unpaired) electrons. The Bertz CT molecular complexity index is 697. The van der Waals surface area contributed by atoms with Crippen LogP contribution in [0.1, 0.15) is 82.3 Å². The Morgan fingerprint density at radius 3 is 1.19 bits per heavy atom. The quantitative estimate of drug-likeness (QED) is 0.158. The molecule has 8 nitrogen and oxygen atoms in total. The molecule has 0 bridgehead atoms. The lowest BCUT2D eigenvalue weighted by atomic mass is 10.1. The van der Waals surface area contributed by atoms with E-state index in [1.54, 1.807) is 24.3 Å². The minimum atomic E-state index is -2.17. The van der Waals surface area contributed by atoms with Crippen LogP contribution in [0.2, 0.25) is 0 Å². The lowest BCUT2D eigenvalue weighted by Gasteiger charge is -2.00. The molecule has 9 heteroatoms. The lowest BCUT2D eigenvalue weighted by molar-refractivity contribution is -0.137. The summed E-state index contributed by atoms with van der Waals surface area (Å²) in [6.07, 6.45) is 14.2. The maximum Gasteiger partial charge on any atom is 0.631 e. The molecule has 2 aromatic carbocycles. The SMILES string of the molecule is CCCCCCCCCCCCN.O=C(O)Cc1ccccc1.O=C(O)Cc1ccccc1.OB(O)O. The monoisotopic (exact) mass is 519 g/mol. The molecule has 2 rings (SSSR count). The molecule has 0 saturated carbocycles. The third kappa shape index (κ3) is 33.3. The van der Waals surface area contributed by atoms with Gasteiger partial charge in [0.25, 0.3) is 0 Å². The molecule has 37 heavy (non-hydrogen) atoms. The van der Waals surface area contributed by atoms with Crippen molar-refractivity contribution in [2.45, 2.75) is 84.0 Å². The Labute approximate surface area is 222 Å². The van der Waals surface area contributed by atoms with Crippen LogP contribution in [0, 0.1) is 0 Å². The number of carbonyl (C=O) groups is 2. The van der Waals surface area contributed by atoms with Crippen LogP contribution < -0.4 is 5.73 Å². The minimum absolute atomic E-state index is 0.112. The van der Waals surface area contributed by atoms with Gasteiger partial charge in [-0.05, 0) is 24.1 Å². The van der Waals surface area contributed by atoms with E-state index in [4.69, 9.17) is 31.0 Å². The van der Waals surface area contributed by atoms with Crippen molar-refractivity contribution in [2.24, 2.45) is 5.73 Å². The summed E-state index contributed by atoms with van der Waals surface area (Å²) in [4.78, 5) is 20.3. The van der Waals surface area contributed by atoms with Gasteiger partial charge >= 0.3 is 19.3 Å². The Balaban J connectivity index is 0. The van der Waals surface area contributed by atoms with Gasteiger partial charge < -0.3 is 31.0 Å². The Kier molecular flexibility index (Phi) is 27.4. The average molecular weight is 519 g/mol. The summed E-state index contributed by atoms with van der Waals surface area (Å²) in [7, 11) is -2.17. The zero-order valence-electron chi connectivity index (χ0n) is 22.2. The van der Waals surface area contributed by atoms with Crippen LogP contribution in [-0.4, -0.2) is 51.1 Å². The lowest BCUT2D eigenvalue weighted by Crippen LogP contribution is -2.07. The number of rotatable bonds is 14. The highest BCUT2D eigenvalue weighted by molar-refractivity contribution is 6.30. The Morgan fingerprint density at radius 2 is 0.919 bits per heavy atom. The van der Waals surface area contributed by atoms with Crippen molar-refractivity contribution in [1.82, 2.24) is 0 Å². The second-order valence-electron chi connectivity index (χ2n) is 8.43. The van der Waals surface area contributed by atoms with E-state index in [1.165, 1.54) is 64.2 Å². The number of benzene rings is 2. The van der Waals surface area contributed by atoms with Crippen LogP contribution >= 0.6 is 0 Å². The molecule has 2 aromatic rings. The molecular formula is C28H46BNO7. The summed E-state index contributed by atoms with van der Waals surface area (Å²) in [5.74, 6) is -1.57. The van der Waals surface area contributed by atoms with Gasteiger partial charge in [-0.3, -0.25) is 9.59 Å². The molecule has 0 atom stereocenters. The van der Waals surface area contributed by atoms with Crippen molar-refractivity contribution >= 4 is 19.3 Å². The number of unbranched alkanes of at least 4 members (excludes halogenated alkanes) is 9. The highest BCUT2D eigenvalue weighted by atomic mass is 16.5. The van der Waals surface area contributed by atoms with Gasteiger partial charge in [-0.25, -0.2) is 0 Å². The zero-order valence-corrected chi connectivity index (χ0v) is 22.2. The molecule has 0 aromatic heterocycles. The zero-order chi connectivity index (χ0) is 28.2. The van der Waals surface area contributed by atoms with Crippen molar-refractivity contribution in [2.75, 3.05) is 6.54 Å². The Hall–Kier alpha value is -2.72. The molecule has 0 aliphatic carbocycles. The van der Waals surface area contributed by atoms with E-state index in [2.05, 4.69) is 6.92 Å². The molecule has 0 aliphatic heterocycles. The van der Waals surface area contributed by atoms with E-state index in [9.17, 15) is 9.59 Å². The highest BCUT2D eigenvalue weighted by Gasteiger charge is 1.97. The van der Waals surface area contributed by atoms with Gasteiger partial charge in [0.1, 0.15) is 0 Å². The maximum absolute atomic E-state index is 10.2. The number of carboxylic acid groups (broad SMARTS) is 2. The molecule has 0 amide bonds. The van der Waals surface area contributed by atoms with Gasteiger partial charge in [-0.15, -0.1) is 0 Å². The van der Waals surface area contributed by atoms with Crippen LogP contribution in [0.3, 0.4) is 0 Å². The summed E-state index contributed by atoms with van der Waals surface area (Å²) >= 11 is 0. The third-order valence-electron chi connectivity index (χ3n) is 4.95. The fraction of sp³-hybridized carbons (Fsp3) is 0.500. The van der Waals surface area contributed by atoms with Gasteiger partial charge in [0.05, 0.1) is 12.8 Å². The van der Waals surface area contributed by atoms with Gasteiger partial charge in [-0.1, -0.05) is 125 Å². The molecule has 0 aliphatic rings. The van der Waals surface area contributed by atoms with Crippen molar-refractivity contribution < 1.29 is 34.9 Å². The van der Waals surface area contributed by atoms with Crippen molar-refractivity contribution in [3.63, 3.8) is 0 Å². The normalized spacial score (nSPS) is 9.43. The number of aliphatic carboxylic acids is 2. The van der Waals surface area contributed by atoms with E-state index >= 15 is 0 Å². The van der Waals surface area contributed by atoms with Crippen molar-refractivity contribution in [1.29, 1.82) is 0 Å². The second-order valence-corrected chi connectivity index (χ2v) is 8.43. The fourth-order valence-corrected chi connectivity index (χ4v) is 3.17. The smallest absolute Gasteiger partial charge is 0.481 e. The molecule has 0 fully saturated rings. The van der Waals surface area contributed by atoms with Gasteiger partial charge in [-0.2, -0.15) is 0 Å². The summed E-state index contributed by atoms with van der Waals surface area (Å²) in [6, 6.07) is 18.3. The van der Waals surface area contributed by atoms with Crippen molar-refractivity contribution in [3.8, 4) is 0 Å². The first-order valence-corrected chi connectivity index (χ1v) is 13.0. The number of carboxylic acids is 2. The number of nitrogens with two attached hydrogens (primary N) is 1. The summed E-state index contributed by atoms with van der Waals surface area (Å²) in [6.45, 7) is 3.14. The number of hydrogen-bond donors (Lipinski definition) is 6. The van der Waals surface area contributed by atoms with Crippen LogP contribution in [-0.2, 0) is 22.4 Å². The molecule has 0 heterocycles. The molecule has 0 spiro atoms. The first-order valence-electron chi connectivity index (χ1n) is 13.0. The van der Waals surface area contributed by atoms with E-state index in [1.807, 2.05) is 36.4 Å². The second kappa shape index (κ2) is 27.9. The molecular weight excluding hydrogens is 473 g/mol. The first-order chi connectivity index (χ1) is 17.7. The van der Waals surface area contributed by atoms with Crippen LogP contribution in [0.25, 0.3) is 0 Å². The van der Waals surface area contributed by atoms with E-state index in [0.717, 1.165) is 17.7 Å². The largest absolute Gasteiger partial charge is 0.631 e. The first kappa shape index (κ1) is 36.4. The van der Waals surface area contributed by atoms with E-state index in [0.29, 0.717) is 0 Å².